The Morgan fingerprint density at radius 1 is 0.500 bits per heavy atom. The normalized spacial score (nSPS) is 25.6. The highest BCUT2D eigenvalue weighted by molar-refractivity contribution is 4.51. The van der Waals surface area contributed by atoms with Crippen molar-refractivity contribution in [1.29, 1.82) is 0 Å². The minimum absolute atomic E-state index is 0.958. The molecule has 0 aromatic rings. The van der Waals surface area contributed by atoms with Crippen molar-refractivity contribution < 1.29 is 0 Å². The molecular weight excluding hydrogens is 124 g/mol. The van der Waals surface area contributed by atoms with Crippen LogP contribution in [-0.4, -0.2) is 13.1 Å². The van der Waals surface area contributed by atoms with E-state index in [0.29, 0.717) is 0 Å². The van der Waals surface area contributed by atoms with Gasteiger partial charge in [-0.2, -0.15) is 10.2 Å². The molecule has 0 aliphatic carbocycles. The Bertz CT molecular complexity index is 87.4. The maximum atomic E-state index is 4.06. The second-order valence-electron chi connectivity index (χ2n) is 2.85. The Kier molecular flexibility index (Phi) is 4.15. The van der Waals surface area contributed by atoms with Crippen LogP contribution in [0.1, 0.15) is 38.5 Å². The molecule has 1 aliphatic rings. The SMILES string of the molecule is C1CCCC/N=N/CCC1. The summed E-state index contributed by atoms with van der Waals surface area (Å²) in [5, 5.41) is 8.12. The molecule has 0 radical (unpaired) electrons. The lowest BCUT2D eigenvalue weighted by Gasteiger charge is -2.00. The van der Waals surface area contributed by atoms with E-state index in [4.69, 9.17) is 0 Å². The molecule has 58 valence electrons. The van der Waals surface area contributed by atoms with Gasteiger partial charge in [-0.15, -0.1) is 0 Å². The van der Waals surface area contributed by atoms with E-state index in [1.165, 1.54) is 38.5 Å². The van der Waals surface area contributed by atoms with Crippen LogP contribution in [0.5, 0.6) is 0 Å². The van der Waals surface area contributed by atoms with Crippen LogP contribution >= 0.6 is 0 Å². The minimum atomic E-state index is 0.958. The maximum absolute atomic E-state index is 4.06. The summed E-state index contributed by atoms with van der Waals surface area (Å²) in [6.07, 6.45) is 7.97. The first-order valence-electron chi connectivity index (χ1n) is 4.33. The monoisotopic (exact) mass is 140 g/mol. The third-order valence-corrected chi connectivity index (χ3v) is 1.87. The van der Waals surface area contributed by atoms with Crippen molar-refractivity contribution in [1.82, 2.24) is 0 Å². The summed E-state index contributed by atoms with van der Waals surface area (Å²) in [6, 6.07) is 0. The lowest BCUT2D eigenvalue weighted by atomic mass is 10.1. The molecule has 0 unspecified atom stereocenters. The van der Waals surface area contributed by atoms with Crippen molar-refractivity contribution in [3.63, 3.8) is 0 Å². The highest BCUT2D eigenvalue weighted by atomic mass is 15.1. The lowest BCUT2D eigenvalue weighted by molar-refractivity contribution is 0.573. The number of hydrogen-bond donors (Lipinski definition) is 0. The quantitative estimate of drug-likeness (QED) is 0.494. The fourth-order valence-electron chi connectivity index (χ4n) is 1.21. The van der Waals surface area contributed by atoms with Crippen LogP contribution in [0.15, 0.2) is 10.2 Å². The Morgan fingerprint density at radius 2 is 0.900 bits per heavy atom. The van der Waals surface area contributed by atoms with Crippen molar-refractivity contribution in [2.45, 2.75) is 38.5 Å². The summed E-state index contributed by atoms with van der Waals surface area (Å²) < 4.78 is 0. The molecule has 0 bridgehead atoms. The third-order valence-electron chi connectivity index (χ3n) is 1.87. The van der Waals surface area contributed by atoms with Gasteiger partial charge in [-0.05, 0) is 12.8 Å². The van der Waals surface area contributed by atoms with Gasteiger partial charge in [0.15, 0.2) is 0 Å². The van der Waals surface area contributed by atoms with Crippen LogP contribution in [-0.2, 0) is 0 Å². The van der Waals surface area contributed by atoms with E-state index in [-0.39, 0.29) is 0 Å². The average Bonchev–Trinajstić information content (AvgIpc) is 2.01. The molecule has 0 atom stereocenters. The highest BCUT2D eigenvalue weighted by Gasteiger charge is 1.92. The van der Waals surface area contributed by atoms with Crippen molar-refractivity contribution in [3.8, 4) is 0 Å². The molecule has 0 N–H and O–H groups in total. The zero-order valence-electron chi connectivity index (χ0n) is 6.55. The summed E-state index contributed by atoms with van der Waals surface area (Å²) in [5.74, 6) is 0. The number of azo groups is 1. The number of nitrogens with zero attached hydrogens (tertiary/aromatic N) is 2. The van der Waals surface area contributed by atoms with Crippen molar-refractivity contribution in [2.75, 3.05) is 13.1 Å². The third kappa shape index (κ3) is 3.59. The van der Waals surface area contributed by atoms with Gasteiger partial charge in [0.1, 0.15) is 0 Å². The van der Waals surface area contributed by atoms with Gasteiger partial charge >= 0.3 is 0 Å². The second-order valence-corrected chi connectivity index (χ2v) is 2.85. The number of hydrogen-bond acceptors (Lipinski definition) is 2. The Labute approximate surface area is 62.7 Å². The van der Waals surface area contributed by atoms with E-state index in [0.717, 1.165) is 13.1 Å². The highest BCUT2D eigenvalue weighted by Crippen LogP contribution is 2.07. The largest absolute Gasteiger partial charge is 0.194 e. The zero-order valence-corrected chi connectivity index (χ0v) is 6.55. The van der Waals surface area contributed by atoms with Crippen LogP contribution in [0.3, 0.4) is 0 Å². The van der Waals surface area contributed by atoms with Crippen LogP contribution < -0.4 is 0 Å². The second kappa shape index (κ2) is 5.39. The van der Waals surface area contributed by atoms with E-state index in [2.05, 4.69) is 10.2 Å². The van der Waals surface area contributed by atoms with E-state index in [9.17, 15) is 0 Å². The molecule has 0 spiro atoms. The first kappa shape index (κ1) is 7.70. The van der Waals surface area contributed by atoms with E-state index >= 15 is 0 Å². The van der Waals surface area contributed by atoms with Crippen molar-refractivity contribution in [3.05, 3.63) is 0 Å². The molecule has 0 fully saturated rings. The summed E-state index contributed by atoms with van der Waals surface area (Å²) in [6.45, 7) is 1.92. The maximum Gasteiger partial charge on any atom is 0.0598 e. The van der Waals surface area contributed by atoms with Crippen LogP contribution in [0.25, 0.3) is 0 Å². The standard InChI is InChI=1S/C8H16N2/c1-2-4-6-8-10-9-7-5-3-1/h1-8H2/b10-9+. The molecule has 0 saturated carbocycles. The molecule has 0 aromatic carbocycles. The summed E-state index contributed by atoms with van der Waals surface area (Å²) >= 11 is 0. The summed E-state index contributed by atoms with van der Waals surface area (Å²) in [4.78, 5) is 0. The molecule has 2 nitrogen and oxygen atoms in total. The molecule has 1 heterocycles. The minimum Gasteiger partial charge on any atom is -0.194 e. The average molecular weight is 140 g/mol. The zero-order chi connectivity index (χ0) is 7.07. The summed E-state index contributed by atoms with van der Waals surface area (Å²) in [7, 11) is 0. The molecular formula is C8H16N2. The fourth-order valence-corrected chi connectivity index (χ4v) is 1.21. The van der Waals surface area contributed by atoms with Crippen molar-refractivity contribution >= 4 is 0 Å². The molecule has 10 heavy (non-hydrogen) atoms. The smallest absolute Gasteiger partial charge is 0.0598 e. The van der Waals surface area contributed by atoms with Crippen LogP contribution in [0.4, 0.5) is 0 Å². The molecule has 0 amide bonds. The first-order valence-corrected chi connectivity index (χ1v) is 4.33. The van der Waals surface area contributed by atoms with Gasteiger partial charge < -0.3 is 0 Å². The fraction of sp³-hybridized carbons (Fsp3) is 1.00. The first-order chi connectivity index (χ1) is 5.00. The van der Waals surface area contributed by atoms with Crippen molar-refractivity contribution in [2.24, 2.45) is 10.2 Å². The predicted octanol–water partition coefficient (Wildman–Crippen LogP) is 2.79. The van der Waals surface area contributed by atoms with E-state index in [1.54, 1.807) is 0 Å². The van der Waals surface area contributed by atoms with Gasteiger partial charge in [-0.25, -0.2) is 0 Å². The predicted molar refractivity (Wildman–Crippen MR) is 42.3 cm³/mol. The molecule has 1 rings (SSSR count). The van der Waals surface area contributed by atoms with Gasteiger partial charge in [0.2, 0.25) is 0 Å². The summed E-state index contributed by atoms with van der Waals surface area (Å²) in [5.41, 5.74) is 0. The van der Waals surface area contributed by atoms with Crippen LogP contribution in [0.2, 0.25) is 0 Å². The lowest BCUT2D eigenvalue weighted by Crippen LogP contribution is -1.88. The van der Waals surface area contributed by atoms with Gasteiger partial charge in [0.05, 0.1) is 13.1 Å². The molecule has 1 aliphatic heterocycles. The van der Waals surface area contributed by atoms with Gasteiger partial charge in [-0.3, -0.25) is 0 Å². The molecule has 0 saturated heterocycles. The van der Waals surface area contributed by atoms with Gasteiger partial charge in [0.25, 0.3) is 0 Å². The molecule has 2 heteroatoms. The van der Waals surface area contributed by atoms with E-state index in [1.807, 2.05) is 0 Å². The Balaban J connectivity index is 2.13. The Hall–Kier alpha value is -0.400. The van der Waals surface area contributed by atoms with E-state index < -0.39 is 0 Å². The number of rotatable bonds is 0. The van der Waals surface area contributed by atoms with Crippen LogP contribution in [0, 0.1) is 0 Å². The van der Waals surface area contributed by atoms with Gasteiger partial charge in [-0.1, -0.05) is 25.7 Å². The topological polar surface area (TPSA) is 24.7 Å². The molecule has 0 aromatic heterocycles. The van der Waals surface area contributed by atoms with Gasteiger partial charge in [0, 0.05) is 0 Å². The Morgan fingerprint density at radius 3 is 1.40 bits per heavy atom.